The van der Waals surface area contributed by atoms with Crippen LogP contribution in [0.1, 0.15) is 190 Å². The molecule has 3 atom stereocenters. The molecule has 6 N–H and O–H groups in total. The first-order valence-electron chi connectivity index (χ1n) is 39.9. The van der Waals surface area contributed by atoms with Crippen LogP contribution in [0.15, 0.2) is 143 Å². The van der Waals surface area contributed by atoms with Crippen molar-refractivity contribution in [2.75, 3.05) is 70.1 Å². The van der Waals surface area contributed by atoms with E-state index in [2.05, 4.69) is 137 Å². The number of nitrogens with zero attached hydrogens (tertiary/aromatic N) is 15. The largest absolute Gasteiger partial charge is 0.477 e. The van der Waals surface area contributed by atoms with Crippen molar-refractivity contribution < 1.29 is 53.8 Å². The number of amides is 3. The van der Waals surface area contributed by atoms with E-state index in [1.54, 1.807) is 124 Å². The number of pyridine rings is 6. The van der Waals surface area contributed by atoms with Gasteiger partial charge >= 0.3 is 0 Å². The number of nitrogens with one attached hydrogen (secondary N) is 6. The van der Waals surface area contributed by atoms with E-state index < -0.39 is 47.8 Å². The number of anilines is 6. The third-order valence-electron chi connectivity index (χ3n) is 24.1. The molecule has 36 heteroatoms. The Morgan fingerprint density at radius 3 is 0.897 bits per heavy atom. The molecule has 15 heterocycles. The summed E-state index contributed by atoms with van der Waals surface area (Å²) in [6.45, 7) is 22.7. The summed E-state index contributed by atoms with van der Waals surface area (Å²) in [4.78, 5) is 74.0. The molecule has 3 aliphatic carbocycles. The van der Waals surface area contributed by atoms with Crippen molar-refractivity contribution in [1.82, 2.24) is 73.4 Å². The molecule has 0 spiro atoms. The first-order valence-corrected chi connectivity index (χ1v) is 44.4. The minimum atomic E-state index is -4.20. The number of carbonyl (C=O) groups is 3. The summed E-state index contributed by atoms with van der Waals surface area (Å²) in [5, 5.41) is 22.8. The molecular formula is C81H99N21O12S3. The van der Waals surface area contributed by atoms with Gasteiger partial charge in [0, 0.05) is 91.2 Å². The molecule has 33 nitrogen and oxygen atoms in total. The smallest absolute Gasteiger partial charge is 0.281 e. The van der Waals surface area contributed by atoms with Gasteiger partial charge in [-0.25, -0.2) is 58.1 Å². The third-order valence-corrected chi connectivity index (χ3v) is 27.8. The highest BCUT2D eigenvalue weighted by molar-refractivity contribution is 7.90. The van der Waals surface area contributed by atoms with E-state index in [1.807, 2.05) is 0 Å². The van der Waals surface area contributed by atoms with Gasteiger partial charge in [-0.3, -0.25) is 14.4 Å². The van der Waals surface area contributed by atoms with Gasteiger partial charge in [-0.1, -0.05) is 39.0 Å². The third kappa shape index (κ3) is 17.4. The van der Waals surface area contributed by atoms with Gasteiger partial charge in [-0.05, 0) is 227 Å². The average Bonchev–Trinajstić information content (AvgIpc) is 1.65. The number of sulfonamides is 3. The van der Waals surface area contributed by atoms with Crippen molar-refractivity contribution in [2.24, 2.45) is 16.2 Å². The maximum atomic E-state index is 13.4. The van der Waals surface area contributed by atoms with Crippen LogP contribution in [0.25, 0.3) is 17.5 Å². The van der Waals surface area contributed by atoms with Crippen molar-refractivity contribution in [1.29, 1.82) is 0 Å². The van der Waals surface area contributed by atoms with Gasteiger partial charge in [0.25, 0.3) is 47.8 Å². The molecule has 0 radical (unpaired) electrons. The molecule has 6 bridgehead atoms. The predicted molar refractivity (Wildman–Crippen MR) is 437 cm³/mol. The van der Waals surface area contributed by atoms with E-state index in [9.17, 15) is 39.6 Å². The van der Waals surface area contributed by atoms with Crippen LogP contribution >= 0.6 is 0 Å². The molecule has 6 aliphatic heterocycles. The summed E-state index contributed by atoms with van der Waals surface area (Å²) in [5.74, 6) is 3.26. The van der Waals surface area contributed by atoms with E-state index in [4.69, 9.17) is 29.2 Å². The van der Waals surface area contributed by atoms with Crippen LogP contribution in [-0.4, -0.2) is 176 Å². The molecule has 3 unspecified atom stereocenters. The van der Waals surface area contributed by atoms with Crippen LogP contribution in [-0.2, 0) is 30.1 Å². The number of hydrogen-bond donors (Lipinski definition) is 6. The number of carbonyl (C=O) groups excluding carboxylic acids is 3. The number of aromatic nitrogens is 12. The molecule has 117 heavy (non-hydrogen) atoms. The Hall–Kier alpha value is -11.0. The summed E-state index contributed by atoms with van der Waals surface area (Å²) < 4.78 is 107. The molecule has 3 saturated carbocycles. The minimum absolute atomic E-state index is 0.00362. The molecule has 9 aliphatic rings. The molecular weight excluding hydrogens is 1560 g/mol. The summed E-state index contributed by atoms with van der Waals surface area (Å²) in [6, 6.07) is 29.2. The first kappa shape index (κ1) is 79.8. The Labute approximate surface area is 680 Å². The standard InChI is InChI=1S/3C27H33N7O4S/c3*1-26(2)11-9-18-17-28-20-5-4-6-23(29-20)39(36,37)32-25(35)19-7-8-21(30-24(19)34(18)26)33-15-10-22(31-33)38-16-14-27(3)12-13-27/h3*4-8,10,15,18H,9,11-14,16-17H2,1-3H3,(H,28,29)(H,32,35). The van der Waals surface area contributed by atoms with E-state index in [0.29, 0.717) is 126 Å². The van der Waals surface area contributed by atoms with E-state index in [-0.39, 0.29) is 66.5 Å². The number of fused-ring (bicyclic) bond motifs is 15. The van der Waals surface area contributed by atoms with E-state index in [1.165, 1.54) is 56.7 Å². The lowest BCUT2D eigenvalue weighted by atomic mass is 10.0. The molecule has 3 amide bonds. The Balaban J connectivity index is 0.000000131. The second-order valence-corrected chi connectivity index (χ2v) is 39.7. The van der Waals surface area contributed by atoms with Crippen LogP contribution in [0.4, 0.5) is 34.9 Å². The number of ether oxygens (including phenoxy) is 3. The molecule has 3 saturated heterocycles. The summed E-state index contributed by atoms with van der Waals surface area (Å²) >= 11 is 0. The van der Waals surface area contributed by atoms with Gasteiger partial charge in [0.2, 0.25) is 17.6 Å². The molecule has 9 aromatic rings. The molecule has 18 rings (SSSR count). The molecule has 0 aromatic carbocycles. The lowest BCUT2D eigenvalue weighted by Crippen LogP contribution is -2.47. The van der Waals surface area contributed by atoms with Gasteiger partial charge < -0.3 is 44.9 Å². The van der Waals surface area contributed by atoms with Crippen LogP contribution in [0, 0.1) is 16.2 Å². The summed E-state index contributed by atoms with van der Waals surface area (Å²) in [5.41, 5.74) is 0.703. The highest BCUT2D eigenvalue weighted by atomic mass is 32.2. The lowest BCUT2D eigenvalue weighted by Gasteiger charge is -2.38. The zero-order chi connectivity index (χ0) is 82.2. The number of rotatable bonds is 15. The second kappa shape index (κ2) is 30.5. The van der Waals surface area contributed by atoms with Crippen molar-refractivity contribution >= 4 is 82.7 Å². The lowest BCUT2D eigenvalue weighted by molar-refractivity contribution is 0.0972. The fraction of sp³-hybridized carbons (Fsp3) is 0.481. The Morgan fingerprint density at radius 1 is 0.359 bits per heavy atom. The quantitative estimate of drug-likeness (QED) is 0.0555. The zero-order valence-electron chi connectivity index (χ0n) is 67.0. The van der Waals surface area contributed by atoms with Gasteiger partial charge in [-0.2, -0.15) is 25.3 Å². The zero-order valence-corrected chi connectivity index (χ0v) is 69.5. The monoisotopic (exact) mass is 1650 g/mol. The summed E-state index contributed by atoms with van der Waals surface area (Å²) in [7, 11) is -12.6. The molecule has 6 fully saturated rings. The number of hydrogen-bond acceptors (Lipinski definition) is 27. The van der Waals surface area contributed by atoms with Crippen LogP contribution in [0.2, 0.25) is 0 Å². The summed E-state index contributed by atoms with van der Waals surface area (Å²) in [6.07, 6.45) is 21.0. The highest BCUT2D eigenvalue weighted by Crippen LogP contribution is 2.50. The fourth-order valence-corrected chi connectivity index (χ4v) is 18.8. The van der Waals surface area contributed by atoms with Crippen LogP contribution in [0.3, 0.4) is 0 Å². The van der Waals surface area contributed by atoms with Gasteiger partial charge in [0.05, 0.1) is 36.5 Å². The van der Waals surface area contributed by atoms with Crippen molar-refractivity contribution in [2.45, 2.75) is 208 Å². The highest BCUT2D eigenvalue weighted by Gasteiger charge is 2.47. The van der Waals surface area contributed by atoms with Crippen molar-refractivity contribution in [3.05, 3.63) is 144 Å². The van der Waals surface area contributed by atoms with Crippen molar-refractivity contribution in [3.63, 3.8) is 0 Å². The first-order chi connectivity index (χ1) is 55.6. The SMILES string of the molecule is CC1(CCOc2ccn(-c3ccc4c(n3)N3C(CCC3(C)C)CNc3cccc(n3)S(=O)(=O)NC4=O)n2)CC1.CC1(CCOc2ccn(-c3ccc4c(n3)N3C(CCC3(C)C)CNc3cccc(n3)S(=O)(=O)NC4=O)n2)CC1.CC1(CCOc2ccn(-c3ccc4c(n3)N3C(CCC3(C)C)CNc3cccc(n3)S(=O)(=O)NC4=O)n2)CC1. The van der Waals surface area contributed by atoms with E-state index >= 15 is 0 Å². The Kier molecular flexibility index (Phi) is 20.8. The molecule has 9 aromatic heterocycles. The van der Waals surface area contributed by atoms with Gasteiger partial charge in [-0.15, -0.1) is 15.3 Å². The maximum Gasteiger partial charge on any atom is 0.281 e. The average molecular weight is 1660 g/mol. The normalized spacial score (nSPS) is 22.4. The Morgan fingerprint density at radius 2 is 0.632 bits per heavy atom. The predicted octanol–water partition coefficient (Wildman–Crippen LogP) is 10.6. The minimum Gasteiger partial charge on any atom is -0.477 e. The fourth-order valence-electron chi connectivity index (χ4n) is 16.0. The maximum absolute atomic E-state index is 13.4. The van der Waals surface area contributed by atoms with E-state index in [0.717, 1.165) is 57.8 Å². The molecule has 618 valence electrons. The van der Waals surface area contributed by atoms with Gasteiger partial charge in [0.15, 0.2) is 32.5 Å². The second-order valence-electron chi connectivity index (χ2n) is 34.8. The van der Waals surface area contributed by atoms with Crippen LogP contribution < -0.4 is 59.0 Å². The topological polar surface area (TPSA) is 394 Å². The van der Waals surface area contributed by atoms with Crippen molar-refractivity contribution in [3.8, 4) is 35.1 Å². The Bertz CT molecular complexity index is 5140. The van der Waals surface area contributed by atoms with Gasteiger partial charge in [0.1, 0.15) is 34.9 Å². The van der Waals surface area contributed by atoms with Crippen LogP contribution in [0.5, 0.6) is 17.6 Å².